The molecule has 0 unspecified atom stereocenters. The lowest BCUT2D eigenvalue weighted by atomic mass is 10.3. The highest BCUT2D eigenvalue weighted by atomic mass is 35.5. The van der Waals surface area contributed by atoms with Gasteiger partial charge < -0.3 is 5.32 Å². The Labute approximate surface area is 93.2 Å². The molecular formula is C10H11Cl2NO. The predicted octanol–water partition coefficient (Wildman–Crippen LogP) is 3.73. The van der Waals surface area contributed by atoms with Crippen molar-refractivity contribution in [2.75, 3.05) is 5.32 Å². The third kappa shape index (κ3) is 3.20. The Morgan fingerprint density at radius 3 is 2.79 bits per heavy atom. The zero-order valence-corrected chi connectivity index (χ0v) is 9.32. The number of nitrogens with one attached hydrogen (secondary N) is 1. The van der Waals surface area contributed by atoms with Gasteiger partial charge >= 0.3 is 0 Å². The van der Waals surface area contributed by atoms with Crippen LogP contribution in [0.4, 0.5) is 5.69 Å². The van der Waals surface area contributed by atoms with Crippen molar-refractivity contribution in [3.63, 3.8) is 0 Å². The number of halogens is 2. The molecule has 0 radical (unpaired) electrons. The van der Waals surface area contributed by atoms with Gasteiger partial charge in [0.25, 0.3) is 0 Å². The van der Waals surface area contributed by atoms with Crippen LogP contribution in [0, 0.1) is 0 Å². The van der Waals surface area contributed by atoms with E-state index in [4.69, 9.17) is 23.2 Å². The van der Waals surface area contributed by atoms with Crippen LogP contribution in [0.1, 0.15) is 19.8 Å². The minimum Gasteiger partial charge on any atom is -0.325 e. The Hall–Kier alpha value is -0.730. The van der Waals surface area contributed by atoms with Crippen LogP contribution >= 0.6 is 23.2 Å². The van der Waals surface area contributed by atoms with E-state index in [9.17, 15) is 4.79 Å². The molecule has 0 aliphatic carbocycles. The van der Waals surface area contributed by atoms with Crippen LogP contribution < -0.4 is 5.32 Å². The summed E-state index contributed by atoms with van der Waals surface area (Å²) in [5.74, 6) is -0.0448. The Balaban J connectivity index is 2.75. The highest BCUT2D eigenvalue weighted by Crippen LogP contribution is 2.25. The molecule has 2 nitrogen and oxygen atoms in total. The summed E-state index contributed by atoms with van der Waals surface area (Å²) in [5, 5.41) is 3.75. The summed E-state index contributed by atoms with van der Waals surface area (Å²) < 4.78 is 0. The third-order valence-electron chi connectivity index (χ3n) is 1.68. The van der Waals surface area contributed by atoms with Crippen LogP contribution in [-0.4, -0.2) is 5.91 Å². The fraction of sp³-hybridized carbons (Fsp3) is 0.300. The Bertz CT molecular complexity index is 339. The number of anilines is 1. The fourth-order valence-electron chi connectivity index (χ4n) is 1.03. The molecule has 0 heterocycles. The average molecular weight is 232 g/mol. The van der Waals surface area contributed by atoms with Gasteiger partial charge in [-0.05, 0) is 24.6 Å². The van der Waals surface area contributed by atoms with E-state index in [1.807, 2.05) is 6.92 Å². The van der Waals surface area contributed by atoms with Gasteiger partial charge in [0, 0.05) is 11.4 Å². The summed E-state index contributed by atoms with van der Waals surface area (Å²) in [7, 11) is 0. The van der Waals surface area contributed by atoms with Gasteiger partial charge in [0.2, 0.25) is 5.91 Å². The number of carbonyl (C=O) groups is 1. The summed E-state index contributed by atoms with van der Waals surface area (Å²) in [6.07, 6.45) is 1.30. The van der Waals surface area contributed by atoms with Crippen molar-refractivity contribution in [3.8, 4) is 0 Å². The zero-order chi connectivity index (χ0) is 10.6. The molecule has 1 aromatic carbocycles. The molecule has 1 rings (SSSR count). The average Bonchev–Trinajstić information content (AvgIpc) is 2.12. The Kier molecular flexibility index (Phi) is 4.23. The lowest BCUT2D eigenvalue weighted by Gasteiger charge is -2.06. The minimum atomic E-state index is -0.0448. The second kappa shape index (κ2) is 5.23. The van der Waals surface area contributed by atoms with Crippen LogP contribution in [0.3, 0.4) is 0 Å². The maximum absolute atomic E-state index is 11.3. The van der Waals surface area contributed by atoms with Crippen molar-refractivity contribution in [2.45, 2.75) is 19.8 Å². The predicted molar refractivity (Wildman–Crippen MR) is 60.0 cm³/mol. The first-order valence-corrected chi connectivity index (χ1v) is 5.14. The number of hydrogen-bond donors (Lipinski definition) is 1. The van der Waals surface area contributed by atoms with Gasteiger partial charge in [0.15, 0.2) is 0 Å². The van der Waals surface area contributed by atoms with Crippen LogP contribution in [0.25, 0.3) is 0 Å². The van der Waals surface area contributed by atoms with Gasteiger partial charge in [-0.1, -0.05) is 30.1 Å². The van der Waals surface area contributed by atoms with Crippen molar-refractivity contribution in [3.05, 3.63) is 28.2 Å². The lowest BCUT2D eigenvalue weighted by Crippen LogP contribution is -2.10. The first kappa shape index (κ1) is 11.3. The van der Waals surface area contributed by atoms with Crippen molar-refractivity contribution in [2.24, 2.45) is 0 Å². The van der Waals surface area contributed by atoms with E-state index in [0.717, 1.165) is 6.42 Å². The van der Waals surface area contributed by atoms with E-state index in [-0.39, 0.29) is 5.91 Å². The second-order valence-electron chi connectivity index (χ2n) is 2.92. The maximum Gasteiger partial charge on any atom is 0.224 e. The van der Waals surface area contributed by atoms with Crippen LogP contribution in [0.2, 0.25) is 10.0 Å². The first-order chi connectivity index (χ1) is 6.63. The van der Waals surface area contributed by atoms with Crippen molar-refractivity contribution >= 4 is 34.8 Å². The first-order valence-electron chi connectivity index (χ1n) is 4.38. The third-order valence-corrected chi connectivity index (χ3v) is 2.24. The monoisotopic (exact) mass is 231 g/mol. The van der Waals surface area contributed by atoms with Crippen molar-refractivity contribution in [1.29, 1.82) is 0 Å². The molecule has 0 saturated heterocycles. The molecule has 0 spiro atoms. The summed E-state index contributed by atoms with van der Waals surface area (Å²) in [5.41, 5.74) is 0.567. The zero-order valence-electron chi connectivity index (χ0n) is 7.81. The molecule has 14 heavy (non-hydrogen) atoms. The smallest absolute Gasteiger partial charge is 0.224 e. The van der Waals surface area contributed by atoms with E-state index < -0.39 is 0 Å². The van der Waals surface area contributed by atoms with E-state index in [1.165, 1.54) is 0 Å². The number of amides is 1. The van der Waals surface area contributed by atoms with E-state index in [2.05, 4.69) is 5.32 Å². The second-order valence-corrected chi connectivity index (χ2v) is 3.77. The normalized spacial score (nSPS) is 9.93. The molecule has 1 N–H and O–H groups in total. The van der Waals surface area contributed by atoms with Gasteiger partial charge in [0.1, 0.15) is 0 Å². The van der Waals surface area contributed by atoms with Crippen molar-refractivity contribution < 1.29 is 4.79 Å². The summed E-state index contributed by atoms with van der Waals surface area (Å²) in [4.78, 5) is 11.3. The highest BCUT2D eigenvalue weighted by molar-refractivity contribution is 6.35. The molecule has 76 valence electrons. The molecule has 0 aliphatic heterocycles. The maximum atomic E-state index is 11.3. The van der Waals surface area contributed by atoms with Crippen LogP contribution in [-0.2, 0) is 4.79 Å². The Morgan fingerprint density at radius 2 is 2.14 bits per heavy atom. The largest absolute Gasteiger partial charge is 0.325 e. The summed E-state index contributed by atoms with van der Waals surface area (Å²) >= 11 is 11.6. The number of benzene rings is 1. The van der Waals surface area contributed by atoms with E-state index in [1.54, 1.807) is 18.2 Å². The van der Waals surface area contributed by atoms with Crippen LogP contribution in [0.5, 0.6) is 0 Å². The number of hydrogen-bond acceptors (Lipinski definition) is 1. The van der Waals surface area contributed by atoms with Crippen LogP contribution in [0.15, 0.2) is 18.2 Å². The fourth-order valence-corrected chi connectivity index (χ4v) is 1.37. The molecule has 0 bridgehead atoms. The van der Waals surface area contributed by atoms with Gasteiger partial charge in [-0.25, -0.2) is 0 Å². The Morgan fingerprint density at radius 1 is 1.43 bits per heavy atom. The van der Waals surface area contributed by atoms with Gasteiger partial charge in [0.05, 0.1) is 10.7 Å². The molecule has 0 saturated carbocycles. The molecule has 0 atom stereocenters. The van der Waals surface area contributed by atoms with E-state index >= 15 is 0 Å². The van der Waals surface area contributed by atoms with E-state index in [0.29, 0.717) is 22.2 Å². The molecular weight excluding hydrogens is 221 g/mol. The molecule has 0 aliphatic rings. The SMILES string of the molecule is CCCC(=O)Nc1cc(Cl)ccc1Cl. The molecule has 4 heteroatoms. The van der Waals surface area contributed by atoms with Crippen molar-refractivity contribution in [1.82, 2.24) is 0 Å². The van der Waals surface area contributed by atoms with Gasteiger partial charge in [-0.3, -0.25) is 4.79 Å². The number of rotatable bonds is 3. The highest BCUT2D eigenvalue weighted by Gasteiger charge is 2.04. The minimum absolute atomic E-state index is 0.0448. The molecule has 1 aromatic rings. The molecule has 0 aromatic heterocycles. The van der Waals surface area contributed by atoms with Gasteiger partial charge in [-0.2, -0.15) is 0 Å². The molecule has 0 fully saturated rings. The topological polar surface area (TPSA) is 29.1 Å². The number of carbonyl (C=O) groups excluding carboxylic acids is 1. The quantitative estimate of drug-likeness (QED) is 0.845. The van der Waals surface area contributed by atoms with Gasteiger partial charge in [-0.15, -0.1) is 0 Å². The summed E-state index contributed by atoms with van der Waals surface area (Å²) in [6, 6.07) is 4.97. The summed E-state index contributed by atoms with van der Waals surface area (Å²) in [6.45, 7) is 1.94. The standard InChI is InChI=1S/C10H11Cl2NO/c1-2-3-10(14)13-9-6-7(11)4-5-8(9)12/h4-6H,2-3H2,1H3,(H,13,14). The molecule has 1 amide bonds. The lowest BCUT2D eigenvalue weighted by molar-refractivity contribution is -0.116.